The Morgan fingerprint density at radius 3 is 1.58 bits per heavy atom. The van der Waals surface area contributed by atoms with Gasteiger partial charge in [-0.05, 0) is 52.6 Å². The summed E-state index contributed by atoms with van der Waals surface area (Å²) in [4.78, 5) is 56.9. The molecule has 328 valence electrons. The average Bonchev–Trinajstić information content (AvgIpc) is 3.78. The highest BCUT2D eigenvalue weighted by Crippen LogP contribution is 2.25. The summed E-state index contributed by atoms with van der Waals surface area (Å²) in [5.74, 6) is -3.78. The number of carbonyl (C=O) groups excluding carboxylic acids is 2. The van der Waals surface area contributed by atoms with Gasteiger partial charge in [-0.2, -0.15) is 4.57 Å². The van der Waals surface area contributed by atoms with Gasteiger partial charge in [0.25, 0.3) is 5.91 Å². The number of aliphatic hydroxyl groups is 4. The van der Waals surface area contributed by atoms with Crippen LogP contribution >= 0.6 is 21.6 Å². The van der Waals surface area contributed by atoms with Crippen LogP contribution in [0.5, 0.6) is 0 Å². The van der Waals surface area contributed by atoms with E-state index in [1.165, 1.54) is 6.21 Å². The summed E-state index contributed by atoms with van der Waals surface area (Å²) in [6.45, 7) is 4.82. The quantitative estimate of drug-likeness (QED) is 0.0250. The van der Waals surface area contributed by atoms with Crippen LogP contribution in [0.15, 0.2) is 108 Å². The van der Waals surface area contributed by atoms with E-state index >= 15 is 0 Å². The van der Waals surface area contributed by atoms with Gasteiger partial charge in [0, 0.05) is 67.4 Å². The second-order valence-electron chi connectivity index (χ2n) is 14.6. The van der Waals surface area contributed by atoms with Crippen LogP contribution in [0, 0.1) is 0 Å². The number of allylic oxidation sites excluding steroid dienone is 4. The van der Waals surface area contributed by atoms with Gasteiger partial charge in [-0.25, -0.2) is 9.59 Å². The van der Waals surface area contributed by atoms with Crippen LogP contribution in [0.2, 0.25) is 0 Å². The number of β-amino-alcohol motifs (C(OH)–C–C–N with tert-alkyl or cyclic N) is 4. The maximum absolute atomic E-state index is 12.7. The zero-order valence-corrected chi connectivity index (χ0v) is 35.4. The van der Waals surface area contributed by atoms with Crippen molar-refractivity contribution in [2.75, 3.05) is 54.0 Å². The predicted molar refractivity (Wildman–Crippen MR) is 242 cm³/mol. The molecule has 0 aliphatic carbocycles. The number of aliphatic imine (C=N–C) groups is 1. The molecule has 62 heavy (non-hydrogen) atoms. The first-order valence-corrected chi connectivity index (χ1v) is 22.2. The fourth-order valence-corrected chi connectivity index (χ4v) is 8.63. The molecular formula is C44H51N6O10S2+. The highest BCUT2D eigenvalue weighted by molar-refractivity contribution is 8.76. The van der Waals surface area contributed by atoms with E-state index in [1.807, 2.05) is 94.8 Å². The lowest BCUT2D eigenvalue weighted by atomic mass is 10.1. The molecule has 2 aliphatic heterocycles. The molecule has 18 heteroatoms. The molecule has 5 rings (SSSR count). The lowest BCUT2D eigenvalue weighted by Crippen LogP contribution is -2.49. The van der Waals surface area contributed by atoms with Gasteiger partial charge in [-0.3, -0.25) is 14.6 Å². The molecule has 2 aromatic carbocycles. The molecule has 6 atom stereocenters. The van der Waals surface area contributed by atoms with E-state index in [1.54, 1.807) is 29.1 Å². The minimum Gasteiger partial charge on any atom is -0.480 e. The lowest BCUT2D eigenvalue weighted by molar-refractivity contribution is -0.684. The number of carboxylic acid groups (broad SMARTS) is 2. The molecule has 16 nitrogen and oxygen atoms in total. The Balaban J connectivity index is 0.996. The van der Waals surface area contributed by atoms with Crippen molar-refractivity contribution in [2.24, 2.45) is 4.99 Å². The molecular weight excluding hydrogens is 837 g/mol. The van der Waals surface area contributed by atoms with Crippen LogP contribution in [-0.4, -0.2) is 141 Å². The van der Waals surface area contributed by atoms with Gasteiger partial charge in [0.2, 0.25) is 12.5 Å². The fraction of sp³-hybridized carbons (Fsp3) is 0.318. The number of rotatable bonds is 21. The molecule has 2 aliphatic rings. The summed E-state index contributed by atoms with van der Waals surface area (Å²) in [7, 11) is 2.11. The number of aliphatic hydroxyl groups excluding tert-OH is 4. The Hall–Kier alpha value is -5.76. The molecule has 2 saturated heterocycles. The van der Waals surface area contributed by atoms with Gasteiger partial charge < -0.3 is 51.1 Å². The van der Waals surface area contributed by atoms with Crippen molar-refractivity contribution in [2.45, 2.75) is 43.0 Å². The van der Waals surface area contributed by atoms with Gasteiger partial charge in [-0.1, -0.05) is 82.8 Å². The normalized spacial score (nSPS) is 20.2. The summed E-state index contributed by atoms with van der Waals surface area (Å²) in [6.07, 6.45) is 12.5. The Kier molecular flexibility index (Phi) is 17.9. The Morgan fingerprint density at radius 2 is 1.13 bits per heavy atom. The van der Waals surface area contributed by atoms with Crippen molar-refractivity contribution < 1.29 is 54.4 Å². The largest absolute Gasteiger partial charge is 0.480 e. The molecule has 2 fully saturated rings. The third-order valence-electron chi connectivity index (χ3n) is 9.88. The third-order valence-corrected chi connectivity index (χ3v) is 12.3. The van der Waals surface area contributed by atoms with Crippen LogP contribution in [0.25, 0.3) is 18.2 Å². The molecule has 1 aromatic heterocycles. The number of pyridine rings is 1. The molecule has 8 N–H and O–H groups in total. The monoisotopic (exact) mass is 887 g/mol. The Labute approximate surface area is 367 Å². The van der Waals surface area contributed by atoms with Crippen LogP contribution < -0.4 is 25.0 Å². The van der Waals surface area contributed by atoms with Crippen molar-refractivity contribution in [1.82, 2.24) is 10.6 Å². The molecule has 0 saturated carbocycles. The Bertz CT molecular complexity index is 2110. The number of carbonyl (C=O) groups is 4. The molecule has 6 unspecified atom stereocenters. The van der Waals surface area contributed by atoms with Crippen LogP contribution in [0.1, 0.15) is 16.7 Å². The molecule has 2 amide bonds. The smallest absolute Gasteiger partial charge is 0.327 e. The van der Waals surface area contributed by atoms with E-state index in [-0.39, 0.29) is 24.6 Å². The van der Waals surface area contributed by atoms with Gasteiger partial charge in [0.05, 0.1) is 24.4 Å². The van der Waals surface area contributed by atoms with Crippen molar-refractivity contribution >= 4 is 81.2 Å². The number of hydrogen-bond donors (Lipinski definition) is 8. The summed E-state index contributed by atoms with van der Waals surface area (Å²) >= 11 is 0. The summed E-state index contributed by atoms with van der Waals surface area (Å²) in [5, 5.41) is 63.5. The van der Waals surface area contributed by atoms with Crippen molar-refractivity contribution in [3.63, 3.8) is 0 Å². The number of hydrogen-bond acceptors (Lipinski definition) is 13. The van der Waals surface area contributed by atoms with Gasteiger partial charge in [0.15, 0.2) is 12.4 Å². The first-order valence-electron chi connectivity index (χ1n) is 19.7. The van der Waals surface area contributed by atoms with E-state index < -0.39 is 60.3 Å². The fourth-order valence-electron chi connectivity index (χ4n) is 6.32. The topological polar surface area (TPSA) is 236 Å². The van der Waals surface area contributed by atoms with Crippen LogP contribution in [0.4, 0.5) is 11.4 Å². The molecule has 3 aromatic rings. The lowest BCUT2D eigenvalue weighted by Gasteiger charge is -2.17. The summed E-state index contributed by atoms with van der Waals surface area (Å²) in [6, 6.07) is 16.5. The minimum absolute atomic E-state index is 0.0556. The van der Waals surface area contributed by atoms with Crippen LogP contribution in [0.3, 0.4) is 0 Å². The third kappa shape index (κ3) is 14.7. The van der Waals surface area contributed by atoms with Crippen LogP contribution in [-0.2, 0) is 25.7 Å². The summed E-state index contributed by atoms with van der Waals surface area (Å²) < 4.78 is 1.61. The SMILES string of the molecule is C=CC(C=Cc1ccc(N2CC(O)C(O)C2)cc1)=CC=NCC(=O)NC(CSSCC(NC(=O)C[n+]1ccc(C=Cc2ccc(N3CC(O)C(O)C3)cc2)cc1)C(=O)O)C(=O)O. The number of anilines is 2. The number of amides is 2. The van der Waals surface area contributed by atoms with Crippen molar-refractivity contribution in [3.05, 3.63) is 120 Å². The first kappa shape index (κ1) is 47.3. The van der Waals surface area contributed by atoms with E-state index in [4.69, 9.17) is 0 Å². The zero-order chi connectivity index (χ0) is 44.6. The number of aliphatic carboxylic acids is 2. The maximum Gasteiger partial charge on any atom is 0.327 e. The standard InChI is InChI=1S/C44H50N6O10S2/c1-2-29(3-4-30-7-11-33(12-8-30)49-22-37(51)38(52)23-49)15-18-45-21-41(55)46-35(43(57)58)27-61-62-28-36(44(59)60)47-42(56)26-48-19-16-32(17-20-48)6-5-31-9-13-34(14-10-31)50-24-39(53)40(54)25-50/h2-20,35-40,51-54H,1,21-28H2,(H3-,46,47,55,56,57,58,59,60)/p+1. The molecule has 0 spiro atoms. The van der Waals surface area contributed by atoms with Gasteiger partial charge in [-0.15, -0.1) is 0 Å². The number of aromatic nitrogens is 1. The second-order valence-corrected chi connectivity index (χ2v) is 17.1. The van der Waals surface area contributed by atoms with E-state index in [9.17, 15) is 49.8 Å². The van der Waals surface area contributed by atoms with Gasteiger partial charge in [0.1, 0.15) is 18.6 Å². The average molecular weight is 888 g/mol. The van der Waals surface area contributed by atoms with E-state index in [0.717, 1.165) is 49.7 Å². The second kappa shape index (κ2) is 23.5. The van der Waals surface area contributed by atoms with E-state index in [2.05, 4.69) is 22.2 Å². The van der Waals surface area contributed by atoms with E-state index in [0.29, 0.717) is 31.8 Å². The Morgan fingerprint density at radius 1 is 0.694 bits per heavy atom. The zero-order valence-electron chi connectivity index (χ0n) is 33.7. The minimum atomic E-state index is -1.27. The van der Waals surface area contributed by atoms with Gasteiger partial charge >= 0.3 is 11.9 Å². The number of carboxylic acids is 2. The highest BCUT2D eigenvalue weighted by Gasteiger charge is 2.30. The maximum atomic E-state index is 12.7. The summed E-state index contributed by atoms with van der Waals surface area (Å²) in [5.41, 5.74) is 5.24. The predicted octanol–water partition coefficient (Wildman–Crippen LogP) is 1.64. The number of benzene rings is 2. The van der Waals surface area contributed by atoms with Crippen molar-refractivity contribution in [1.29, 1.82) is 0 Å². The first-order chi connectivity index (χ1) is 29.8. The molecule has 0 bridgehead atoms. The highest BCUT2D eigenvalue weighted by atomic mass is 33.1. The number of nitrogens with zero attached hydrogens (tertiary/aromatic N) is 4. The molecule has 3 heterocycles. The van der Waals surface area contributed by atoms with Crippen molar-refractivity contribution in [3.8, 4) is 0 Å². The number of nitrogens with one attached hydrogen (secondary N) is 2. The molecule has 0 radical (unpaired) electrons.